The van der Waals surface area contributed by atoms with Gasteiger partial charge in [0.05, 0.1) is 0 Å². The summed E-state index contributed by atoms with van der Waals surface area (Å²) in [7, 11) is 0. The molecule has 1 fully saturated rings. The Labute approximate surface area is 88.5 Å². The predicted octanol–water partition coefficient (Wildman–Crippen LogP) is 1.23. The number of piperidine rings is 1. The van der Waals surface area contributed by atoms with Crippen LogP contribution in [0, 0.1) is 0 Å². The number of aromatic hydroxyl groups is 2. The summed E-state index contributed by atoms with van der Waals surface area (Å²) < 4.78 is 5.62. The lowest BCUT2D eigenvalue weighted by molar-refractivity contribution is 0.161. The minimum Gasteiger partial charge on any atom is -0.508 e. The van der Waals surface area contributed by atoms with E-state index in [1.165, 1.54) is 12.1 Å². The zero-order chi connectivity index (χ0) is 10.7. The second-order valence-electron chi connectivity index (χ2n) is 3.74. The molecule has 1 aliphatic heterocycles. The fourth-order valence-electron chi connectivity index (χ4n) is 1.71. The predicted molar refractivity (Wildman–Crippen MR) is 56.3 cm³/mol. The Balaban J connectivity index is 2.03. The van der Waals surface area contributed by atoms with Crippen molar-refractivity contribution in [1.82, 2.24) is 5.32 Å². The lowest BCUT2D eigenvalue weighted by atomic mass is 10.1. The molecule has 0 aliphatic carbocycles. The van der Waals surface area contributed by atoms with E-state index in [2.05, 4.69) is 5.32 Å². The summed E-state index contributed by atoms with van der Waals surface area (Å²) in [5, 5.41) is 21.9. The smallest absolute Gasteiger partial charge is 0.161 e. The molecule has 3 N–H and O–H groups in total. The maximum Gasteiger partial charge on any atom is 0.161 e. The minimum absolute atomic E-state index is 0.0134. The van der Waals surface area contributed by atoms with Crippen molar-refractivity contribution >= 4 is 0 Å². The molecule has 0 radical (unpaired) electrons. The van der Waals surface area contributed by atoms with Gasteiger partial charge >= 0.3 is 0 Å². The van der Waals surface area contributed by atoms with E-state index >= 15 is 0 Å². The van der Waals surface area contributed by atoms with Gasteiger partial charge in [-0.1, -0.05) is 0 Å². The van der Waals surface area contributed by atoms with E-state index in [-0.39, 0.29) is 17.6 Å². The van der Waals surface area contributed by atoms with E-state index in [0.717, 1.165) is 25.9 Å². The van der Waals surface area contributed by atoms with Crippen molar-refractivity contribution < 1.29 is 14.9 Å². The van der Waals surface area contributed by atoms with Gasteiger partial charge in [0.1, 0.15) is 11.9 Å². The molecular weight excluding hydrogens is 194 g/mol. The Bertz CT molecular complexity index is 335. The van der Waals surface area contributed by atoms with Crippen molar-refractivity contribution in [1.29, 1.82) is 0 Å². The van der Waals surface area contributed by atoms with Gasteiger partial charge in [-0.2, -0.15) is 0 Å². The first-order chi connectivity index (χ1) is 7.25. The van der Waals surface area contributed by atoms with Crippen LogP contribution < -0.4 is 10.1 Å². The number of hydrogen-bond donors (Lipinski definition) is 3. The van der Waals surface area contributed by atoms with Crippen molar-refractivity contribution in [3.05, 3.63) is 18.2 Å². The maximum absolute atomic E-state index is 9.52. The van der Waals surface area contributed by atoms with E-state index in [1.54, 1.807) is 6.07 Å². The molecule has 0 bridgehead atoms. The first-order valence-corrected chi connectivity index (χ1v) is 5.15. The number of nitrogens with one attached hydrogen (secondary N) is 1. The van der Waals surface area contributed by atoms with Crippen molar-refractivity contribution in [2.45, 2.75) is 18.9 Å². The standard InChI is InChI=1S/C11H15NO3/c13-8-3-4-11(10(14)6-8)15-9-2-1-5-12-7-9/h3-4,6,9,12-14H,1-2,5,7H2. The van der Waals surface area contributed by atoms with Crippen molar-refractivity contribution in [2.24, 2.45) is 0 Å². The fourth-order valence-corrected chi connectivity index (χ4v) is 1.71. The zero-order valence-corrected chi connectivity index (χ0v) is 8.44. The molecule has 1 heterocycles. The van der Waals surface area contributed by atoms with Crippen LogP contribution in [0.3, 0.4) is 0 Å². The molecule has 2 rings (SSSR count). The molecule has 0 saturated carbocycles. The Hall–Kier alpha value is -1.42. The normalized spacial score (nSPS) is 21.2. The monoisotopic (exact) mass is 209 g/mol. The Morgan fingerprint density at radius 1 is 1.33 bits per heavy atom. The summed E-state index contributed by atoms with van der Waals surface area (Å²) in [5.41, 5.74) is 0. The molecule has 4 heteroatoms. The van der Waals surface area contributed by atoms with Crippen LogP contribution in [0.25, 0.3) is 0 Å². The van der Waals surface area contributed by atoms with Gasteiger partial charge in [0.25, 0.3) is 0 Å². The summed E-state index contributed by atoms with van der Waals surface area (Å²) in [6, 6.07) is 4.37. The SMILES string of the molecule is Oc1ccc(OC2CCCNC2)c(O)c1. The zero-order valence-electron chi connectivity index (χ0n) is 8.44. The number of benzene rings is 1. The van der Waals surface area contributed by atoms with Crippen LogP contribution in [0.2, 0.25) is 0 Å². The average molecular weight is 209 g/mol. The van der Waals surface area contributed by atoms with Crippen LogP contribution >= 0.6 is 0 Å². The second-order valence-corrected chi connectivity index (χ2v) is 3.74. The molecule has 82 valence electrons. The minimum atomic E-state index is -0.0134. The highest BCUT2D eigenvalue weighted by Crippen LogP contribution is 2.30. The largest absolute Gasteiger partial charge is 0.508 e. The molecule has 0 spiro atoms. The molecule has 4 nitrogen and oxygen atoms in total. The number of hydrogen-bond acceptors (Lipinski definition) is 4. The summed E-state index contributed by atoms with van der Waals surface area (Å²) in [4.78, 5) is 0. The first-order valence-electron chi connectivity index (χ1n) is 5.15. The van der Waals surface area contributed by atoms with Crippen LogP contribution in [0.5, 0.6) is 17.2 Å². The van der Waals surface area contributed by atoms with Crippen LogP contribution in [-0.4, -0.2) is 29.4 Å². The second kappa shape index (κ2) is 4.40. The van der Waals surface area contributed by atoms with Gasteiger partial charge in [-0.3, -0.25) is 0 Å². The van der Waals surface area contributed by atoms with Crippen molar-refractivity contribution in [3.8, 4) is 17.2 Å². The van der Waals surface area contributed by atoms with E-state index in [4.69, 9.17) is 9.84 Å². The molecule has 1 saturated heterocycles. The highest BCUT2D eigenvalue weighted by atomic mass is 16.5. The maximum atomic E-state index is 9.52. The van der Waals surface area contributed by atoms with E-state index in [0.29, 0.717) is 5.75 Å². The Morgan fingerprint density at radius 2 is 2.20 bits per heavy atom. The number of ether oxygens (including phenoxy) is 1. The molecule has 1 atom stereocenters. The first kappa shape index (κ1) is 10.1. The van der Waals surface area contributed by atoms with Crippen LogP contribution in [0.15, 0.2) is 18.2 Å². The lowest BCUT2D eigenvalue weighted by Gasteiger charge is -2.24. The summed E-state index contributed by atoms with van der Waals surface area (Å²) in [6.45, 7) is 1.84. The topological polar surface area (TPSA) is 61.7 Å². The lowest BCUT2D eigenvalue weighted by Crippen LogP contribution is -2.37. The molecule has 1 aliphatic rings. The molecule has 1 aromatic rings. The highest BCUT2D eigenvalue weighted by Gasteiger charge is 2.15. The number of phenolic OH excluding ortho intramolecular Hbond substituents is 2. The molecule has 15 heavy (non-hydrogen) atoms. The molecular formula is C11H15NO3. The molecule has 0 aromatic heterocycles. The highest BCUT2D eigenvalue weighted by molar-refractivity contribution is 5.43. The van der Waals surface area contributed by atoms with Gasteiger partial charge in [0.15, 0.2) is 11.5 Å². The third-order valence-electron chi connectivity index (χ3n) is 2.49. The van der Waals surface area contributed by atoms with Gasteiger partial charge in [-0.05, 0) is 31.5 Å². The number of rotatable bonds is 2. The van der Waals surface area contributed by atoms with Gasteiger partial charge < -0.3 is 20.3 Å². The number of phenols is 2. The van der Waals surface area contributed by atoms with E-state index < -0.39 is 0 Å². The third kappa shape index (κ3) is 2.53. The van der Waals surface area contributed by atoms with Crippen LogP contribution in [-0.2, 0) is 0 Å². The molecule has 1 unspecified atom stereocenters. The van der Waals surface area contributed by atoms with Crippen molar-refractivity contribution in [2.75, 3.05) is 13.1 Å². The average Bonchev–Trinajstić information content (AvgIpc) is 2.24. The summed E-state index contributed by atoms with van der Waals surface area (Å²) in [5.74, 6) is 0.462. The van der Waals surface area contributed by atoms with Gasteiger partial charge in [0.2, 0.25) is 0 Å². The Morgan fingerprint density at radius 3 is 2.87 bits per heavy atom. The van der Waals surface area contributed by atoms with Gasteiger partial charge in [-0.25, -0.2) is 0 Å². The molecule has 1 aromatic carbocycles. The third-order valence-corrected chi connectivity index (χ3v) is 2.49. The van der Waals surface area contributed by atoms with Crippen LogP contribution in [0.4, 0.5) is 0 Å². The quantitative estimate of drug-likeness (QED) is 0.685. The van der Waals surface area contributed by atoms with E-state index in [1.807, 2.05) is 0 Å². The summed E-state index contributed by atoms with van der Waals surface area (Å²) >= 11 is 0. The summed E-state index contributed by atoms with van der Waals surface area (Å²) in [6.07, 6.45) is 2.19. The van der Waals surface area contributed by atoms with Gasteiger partial charge in [-0.15, -0.1) is 0 Å². The van der Waals surface area contributed by atoms with E-state index in [9.17, 15) is 5.11 Å². The van der Waals surface area contributed by atoms with Crippen LogP contribution in [0.1, 0.15) is 12.8 Å². The van der Waals surface area contributed by atoms with Crippen molar-refractivity contribution in [3.63, 3.8) is 0 Å². The van der Waals surface area contributed by atoms with Gasteiger partial charge in [0, 0.05) is 12.6 Å². The Kier molecular flexibility index (Phi) is 2.97. The molecule has 0 amide bonds. The fraction of sp³-hybridized carbons (Fsp3) is 0.455.